The minimum atomic E-state index is -4.66. The highest BCUT2D eigenvalue weighted by Crippen LogP contribution is 2.47. The van der Waals surface area contributed by atoms with Crippen LogP contribution < -0.4 is 10.1 Å². The van der Waals surface area contributed by atoms with Crippen LogP contribution in [0.3, 0.4) is 0 Å². The summed E-state index contributed by atoms with van der Waals surface area (Å²) in [5.41, 5.74) is 0.462. The Kier molecular flexibility index (Phi) is 7.16. The molecule has 12 heteroatoms. The van der Waals surface area contributed by atoms with Crippen LogP contribution in [0.15, 0.2) is 29.2 Å². The molecule has 0 unspecified atom stereocenters. The Hall–Kier alpha value is -2.66. The third-order valence-electron chi connectivity index (χ3n) is 4.45. The molecule has 0 bridgehead atoms. The average Bonchev–Trinajstić information content (AvgIpc) is 3.32. The molecule has 0 saturated heterocycles. The van der Waals surface area contributed by atoms with Crippen molar-refractivity contribution in [1.29, 1.82) is 0 Å². The Morgan fingerprint density at radius 2 is 2.13 bits per heavy atom. The van der Waals surface area contributed by atoms with Gasteiger partial charge in [-0.25, -0.2) is 4.39 Å². The Morgan fingerprint density at radius 1 is 1.35 bits per heavy atom. The molecule has 168 valence electrons. The summed E-state index contributed by atoms with van der Waals surface area (Å²) in [6.45, 7) is 3.24. The number of carbonyl (C=O) groups excluding carboxylic acids is 1. The lowest BCUT2D eigenvalue weighted by molar-refractivity contribution is -0.326. The van der Waals surface area contributed by atoms with Gasteiger partial charge in [-0.3, -0.25) is 9.53 Å². The molecular weight excluding hydrogens is 446 g/mol. The molecule has 1 amide bonds. The van der Waals surface area contributed by atoms with Crippen molar-refractivity contribution in [3.8, 4) is 5.75 Å². The van der Waals surface area contributed by atoms with Gasteiger partial charge in [0.15, 0.2) is 6.61 Å². The predicted octanol–water partition coefficient (Wildman–Crippen LogP) is 4.10. The standard InChI is InChI=1S/C19H18ClF4N3O4/c1-10(4-5-25-16(28)9-29-12-2-3-14(20)15(21)7-12)17-26-27-18(31-17)13-6-11(13)8-30-19(22,23)24/h2-3,7,11,13H,1,4-6,8-9H2,(H,25,28)/t11-,13+/m0/s1. The number of halogens is 5. The first-order chi connectivity index (χ1) is 14.6. The second-order valence-corrected chi connectivity index (χ2v) is 7.28. The molecule has 1 heterocycles. The third kappa shape index (κ3) is 6.93. The van der Waals surface area contributed by atoms with E-state index >= 15 is 0 Å². The summed E-state index contributed by atoms with van der Waals surface area (Å²) in [4.78, 5) is 11.8. The molecular formula is C19H18ClF4N3O4. The Labute approximate surface area is 179 Å². The van der Waals surface area contributed by atoms with Gasteiger partial charge in [0.2, 0.25) is 11.8 Å². The van der Waals surface area contributed by atoms with Gasteiger partial charge >= 0.3 is 6.36 Å². The molecule has 0 spiro atoms. The van der Waals surface area contributed by atoms with Crippen molar-refractivity contribution < 1.29 is 36.2 Å². The zero-order valence-corrected chi connectivity index (χ0v) is 16.8. The molecule has 1 fully saturated rings. The fraction of sp³-hybridized carbons (Fsp3) is 0.421. The van der Waals surface area contributed by atoms with E-state index in [1.165, 1.54) is 12.1 Å². The van der Waals surface area contributed by atoms with Gasteiger partial charge in [-0.2, -0.15) is 0 Å². The normalized spacial score (nSPS) is 18.0. The molecule has 2 aromatic rings. The first-order valence-corrected chi connectivity index (χ1v) is 9.57. The average molecular weight is 464 g/mol. The lowest BCUT2D eigenvalue weighted by atomic mass is 10.2. The molecule has 31 heavy (non-hydrogen) atoms. The van der Waals surface area contributed by atoms with Crippen molar-refractivity contribution in [2.24, 2.45) is 5.92 Å². The van der Waals surface area contributed by atoms with Crippen LogP contribution in [0.2, 0.25) is 5.02 Å². The summed E-state index contributed by atoms with van der Waals surface area (Å²) >= 11 is 5.57. The number of hydrogen-bond acceptors (Lipinski definition) is 6. The second-order valence-electron chi connectivity index (χ2n) is 6.87. The number of amides is 1. The highest BCUT2D eigenvalue weighted by molar-refractivity contribution is 6.30. The molecule has 1 aliphatic rings. The molecule has 3 rings (SSSR count). The second kappa shape index (κ2) is 9.65. The SMILES string of the molecule is C=C(CCNC(=O)COc1ccc(Cl)c(F)c1)c1nnc([C@@H]2C[C@H]2COC(F)(F)F)o1. The van der Waals surface area contributed by atoms with Gasteiger partial charge < -0.3 is 14.5 Å². The van der Waals surface area contributed by atoms with E-state index in [1.807, 2.05) is 0 Å². The number of nitrogens with one attached hydrogen (secondary N) is 1. The number of benzene rings is 1. The predicted molar refractivity (Wildman–Crippen MR) is 101 cm³/mol. The van der Waals surface area contributed by atoms with Gasteiger partial charge in [-0.05, 0) is 30.9 Å². The fourth-order valence-electron chi connectivity index (χ4n) is 2.69. The molecule has 1 aromatic heterocycles. The van der Waals surface area contributed by atoms with Crippen molar-refractivity contribution in [1.82, 2.24) is 15.5 Å². The highest BCUT2D eigenvalue weighted by atomic mass is 35.5. The van der Waals surface area contributed by atoms with Crippen molar-refractivity contribution >= 4 is 23.1 Å². The molecule has 1 N–H and O–H groups in total. The zero-order valence-electron chi connectivity index (χ0n) is 16.0. The minimum Gasteiger partial charge on any atom is -0.484 e. The van der Waals surface area contributed by atoms with Gasteiger partial charge in [0.05, 0.1) is 11.6 Å². The van der Waals surface area contributed by atoms with Crippen LogP contribution in [0.1, 0.15) is 30.5 Å². The molecule has 1 saturated carbocycles. The monoisotopic (exact) mass is 463 g/mol. The van der Waals surface area contributed by atoms with Gasteiger partial charge in [0, 0.05) is 24.1 Å². The summed E-state index contributed by atoms with van der Waals surface area (Å²) in [6, 6.07) is 3.83. The van der Waals surface area contributed by atoms with E-state index in [2.05, 4.69) is 26.8 Å². The molecule has 7 nitrogen and oxygen atoms in total. The van der Waals surface area contributed by atoms with Gasteiger partial charge in [0.25, 0.3) is 5.91 Å². The summed E-state index contributed by atoms with van der Waals surface area (Å²) in [5, 5.41) is 10.3. The van der Waals surface area contributed by atoms with Crippen LogP contribution in [0.4, 0.5) is 17.6 Å². The highest BCUT2D eigenvalue weighted by Gasteiger charge is 2.45. The molecule has 1 aliphatic carbocycles. The van der Waals surface area contributed by atoms with E-state index in [-0.39, 0.29) is 47.5 Å². The summed E-state index contributed by atoms with van der Waals surface area (Å²) in [7, 11) is 0. The van der Waals surface area contributed by atoms with Crippen molar-refractivity contribution in [3.63, 3.8) is 0 Å². The Bertz CT molecular complexity index is 950. The van der Waals surface area contributed by atoms with E-state index in [0.717, 1.165) is 6.07 Å². The quantitative estimate of drug-likeness (QED) is 0.534. The number of nitrogens with zero attached hydrogens (tertiary/aromatic N) is 2. The van der Waals surface area contributed by atoms with E-state index in [9.17, 15) is 22.4 Å². The van der Waals surface area contributed by atoms with E-state index in [0.29, 0.717) is 18.4 Å². The molecule has 1 aromatic carbocycles. The van der Waals surface area contributed by atoms with Crippen LogP contribution in [-0.2, 0) is 9.53 Å². The maximum absolute atomic E-state index is 13.3. The van der Waals surface area contributed by atoms with Crippen molar-refractivity contribution in [2.75, 3.05) is 19.8 Å². The third-order valence-corrected chi connectivity index (χ3v) is 4.76. The summed E-state index contributed by atoms with van der Waals surface area (Å²) in [5.74, 6) is -1.12. The number of aromatic nitrogens is 2. The molecule has 0 aliphatic heterocycles. The van der Waals surface area contributed by atoms with Gasteiger partial charge in [-0.1, -0.05) is 18.2 Å². The number of alkyl halides is 3. The Morgan fingerprint density at radius 3 is 2.84 bits per heavy atom. The fourth-order valence-corrected chi connectivity index (χ4v) is 2.81. The lowest BCUT2D eigenvalue weighted by Crippen LogP contribution is -2.29. The van der Waals surface area contributed by atoms with Crippen LogP contribution in [0.5, 0.6) is 5.75 Å². The largest absolute Gasteiger partial charge is 0.522 e. The van der Waals surface area contributed by atoms with Crippen molar-refractivity contribution in [2.45, 2.75) is 25.1 Å². The maximum Gasteiger partial charge on any atom is 0.522 e. The van der Waals surface area contributed by atoms with Crippen LogP contribution in [-0.4, -0.2) is 42.2 Å². The maximum atomic E-state index is 13.3. The molecule has 0 radical (unpaired) electrons. The van der Waals surface area contributed by atoms with Crippen LogP contribution in [0.25, 0.3) is 5.57 Å². The summed E-state index contributed by atoms with van der Waals surface area (Å²) < 4.78 is 64.0. The van der Waals surface area contributed by atoms with E-state index < -0.39 is 24.7 Å². The topological polar surface area (TPSA) is 86.5 Å². The van der Waals surface area contributed by atoms with Gasteiger partial charge in [0.1, 0.15) is 11.6 Å². The number of hydrogen-bond donors (Lipinski definition) is 1. The number of carbonyl (C=O) groups is 1. The van der Waals surface area contributed by atoms with E-state index in [4.69, 9.17) is 20.8 Å². The smallest absolute Gasteiger partial charge is 0.484 e. The zero-order chi connectivity index (χ0) is 22.6. The molecule has 2 atom stereocenters. The first-order valence-electron chi connectivity index (χ1n) is 9.19. The Balaban J connectivity index is 1.36. The number of rotatable bonds is 10. The first kappa shape index (κ1) is 23.0. The van der Waals surface area contributed by atoms with Gasteiger partial charge in [-0.15, -0.1) is 23.4 Å². The lowest BCUT2D eigenvalue weighted by Gasteiger charge is -2.08. The van der Waals surface area contributed by atoms with Crippen LogP contribution in [0, 0.1) is 11.7 Å². The summed E-state index contributed by atoms with van der Waals surface area (Å²) in [6.07, 6.45) is -3.89. The van der Waals surface area contributed by atoms with Crippen LogP contribution >= 0.6 is 11.6 Å². The van der Waals surface area contributed by atoms with E-state index in [1.54, 1.807) is 0 Å². The number of ether oxygens (including phenoxy) is 2. The minimum absolute atomic E-state index is 0.0497. The van der Waals surface area contributed by atoms with Crippen molar-refractivity contribution in [3.05, 3.63) is 47.4 Å².